The van der Waals surface area contributed by atoms with Gasteiger partial charge in [0, 0.05) is 6.42 Å². The summed E-state index contributed by atoms with van der Waals surface area (Å²) in [6, 6.07) is 10.3. The Morgan fingerprint density at radius 3 is 2.40 bits per heavy atom. The quantitative estimate of drug-likeness (QED) is 0.516. The van der Waals surface area contributed by atoms with Gasteiger partial charge in [-0.1, -0.05) is 62.1 Å². The number of rotatable bonds is 2. The van der Waals surface area contributed by atoms with Crippen LogP contribution in [0.2, 0.25) is 19.6 Å². The van der Waals surface area contributed by atoms with Crippen LogP contribution in [0.1, 0.15) is 12.0 Å². The molecule has 0 heterocycles. The van der Waals surface area contributed by atoms with Crippen LogP contribution in [0.4, 0.5) is 0 Å². The van der Waals surface area contributed by atoms with Gasteiger partial charge in [0.15, 0.2) is 0 Å². The molecule has 0 bridgehead atoms. The molecule has 1 aromatic rings. The summed E-state index contributed by atoms with van der Waals surface area (Å²) in [6.45, 7) is 6.79. The van der Waals surface area contributed by atoms with E-state index in [-0.39, 0.29) is 0 Å². The number of hydrogen-bond acceptors (Lipinski definition) is 0. The van der Waals surface area contributed by atoms with Crippen molar-refractivity contribution < 1.29 is 0 Å². The Kier molecular flexibility index (Phi) is 4.39. The molecule has 0 nitrogen and oxygen atoms in total. The molecule has 0 saturated carbocycles. The van der Waals surface area contributed by atoms with Gasteiger partial charge >= 0.3 is 0 Å². The van der Waals surface area contributed by atoms with Crippen LogP contribution in [0.25, 0.3) is 6.08 Å². The van der Waals surface area contributed by atoms with Crippen molar-refractivity contribution in [3.8, 4) is 11.5 Å². The molecule has 0 aliphatic rings. The number of allylic oxidation sites excluding steroid dienone is 1. The average Bonchev–Trinajstić information content (AvgIpc) is 2.17. The van der Waals surface area contributed by atoms with Crippen molar-refractivity contribution in [1.82, 2.24) is 0 Å². The molecule has 0 aromatic heterocycles. The minimum atomic E-state index is -1.18. The van der Waals surface area contributed by atoms with E-state index in [4.69, 9.17) is 0 Å². The zero-order chi connectivity index (χ0) is 11.1. The van der Waals surface area contributed by atoms with E-state index in [1.54, 1.807) is 0 Å². The second-order valence-electron chi connectivity index (χ2n) is 4.57. The lowest BCUT2D eigenvalue weighted by molar-refractivity contribution is 1.48. The SMILES string of the molecule is C[Si](C)(C)C#CC/C=C/c1ccccc1. The molecule has 1 heteroatoms. The van der Waals surface area contributed by atoms with E-state index in [0.29, 0.717) is 0 Å². The minimum absolute atomic E-state index is 0.860. The molecule has 78 valence electrons. The highest BCUT2D eigenvalue weighted by molar-refractivity contribution is 6.83. The maximum Gasteiger partial charge on any atom is 0.129 e. The predicted octanol–water partition coefficient (Wildman–Crippen LogP) is 3.97. The zero-order valence-electron chi connectivity index (χ0n) is 9.75. The molecule has 0 fully saturated rings. The lowest BCUT2D eigenvalue weighted by Crippen LogP contribution is -2.16. The van der Waals surface area contributed by atoms with Gasteiger partial charge in [0.1, 0.15) is 8.07 Å². The lowest BCUT2D eigenvalue weighted by atomic mass is 10.2. The third-order valence-corrected chi connectivity index (χ3v) is 2.72. The van der Waals surface area contributed by atoms with Crippen molar-refractivity contribution in [3.05, 3.63) is 42.0 Å². The second-order valence-corrected chi connectivity index (χ2v) is 9.32. The summed E-state index contributed by atoms with van der Waals surface area (Å²) in [5.41, 5.74) is 4.59. The van der Waals surface area contributed by atoms with Crippen LogP contribution in [0.5, 0.6) is 0 Å². The minimum Gasteiger partial charge on any atom is -0.132 e. The summed E-state index contributed by atoms with van der Waals surface area (Å²) in [5, 5.41) is 0. The highest BCUT2D eigenvalue weighted by Crippen LogP contribution is 2.02. The molecule has 0 saturated heterocycles. The van der Waals surface area contributed by atoms with Crippen LogP contribution >= 0.6 is 0 Å². The fourth-order valence-corrected chi connectivity index (χ4v) is 1.77. The van der Waals surface area contributed by atoms with Gasteiger partial charge in [0.05, 0.1) is 0 Å². The van der Waals surface area contributed by atoms with Gasteiger partial charge < -0.3 is 0 Å². The molecular weight excluding hydrogens is 196 g/mol. The van der Waals surface area contributed by atoms with Crippen LogP contribution in [-0.4, -0.2) is 8.07 Å². The molecule has 0 unspecified atom stereocenters. The first-order valence-corrected chi connectivity index (χ1v) is 8.79. The fraction of sp³-hybridized carbons (Fsp3) is 0.286. The van der Waals surface area contributed by atoms with Gasteiger partial charge in [0.2, 0.25) is 0 Å². The Morgan fingerprint density at radius 1 is 1.13 bits per heavy atom. The van der Waals surface area contributed by atoms with Crippen LogP contribution < -0.4 is 0 Å². The number of benzene rings is 1. The van der Waals surface area contributed by atoms with Crippen molar-refractivity contribution in [2.24, 2.45) is 0 Å². The van der Waals surface area contributed by atoms with Gasteiger partial charge in [-0.3, -0.25) is 0 Å². The Labute approximate surface area is 94.0 Å². The van der Waals surface area contributed by atoms with Crippen molar-refractivity contribution in [2.75, 3.05) is 0 Å². The first-order valence-electron chi connectivity index (χ1n) is 5.29. The van der Waals surface area contributed by atoms with E-state index >= 15 is 0 Å². The summed E-state index contributed by atoms with van der Waals surface area (Å²) >= 11 is 0. The van der Waals surface area contributed by atoms with Gasteiger partial charge in [-0.15, -0.1) is 11.5 Å². The van der Waals surface area contributed by atoms with Crippen molar-refractivity contribution >= 4 is 14.1 Å². The molecule has 0 spiro atoms. The van der Waals surface area contributed by atoms with Crippen molar-refractivity contribution in [2.45, 2.75) is 26.1 Å². The van der Waals surface area contributed by atoms with E-state index < -0.39 is 8.07 Å². The Balaban J connectivity index is 2.44. The van der Waals surface area contributed by atoms with E-state index in [1.807, 2.05) is 18.2 Å². The second kappa shape index (κ2) is 5.58. The topological polar surface area (TPSA) is 0 Å². The van der Waals surface area contributed by atoms with Crippen molar-refractivity contribution in [1.29, 1.82) is 0 Å². The van der Waals surface area contributed by atoms with Crippen LogP contribution in [0.3, 0.4) is 0 Å². The standard InChI is InChI=1S/C14H18Si/c1-15(2,3)13-9-5-8-12-14-10-6-4-7-11-14/h4,6-8,10-12H,5H2,1-3H3/b12-8+. The monoisotopic (exact) mass is 214 g/mol. The van der Waals surface area contributed by atoms with E-state index in [9.17, 15) is 0 Å². The summed E-state index contributed by atoms with van der Waals surface area (Å²) in [6.07, 6.45) is 5.11. The Bertz CT molecular complexity index is 371. The van der Waals surface area contributed by atoms with Gasteiger partial charge in [-0.25, -0.2) is 0 Å². The highest BCUT2D eigenvalue weighted by Gasteiger charge is 2.06. The van der Waals surface area contributed by atoms with Crippen LogP contribution in [0, 0.1) is 11.5 Å². The largest absolute Gasteiger partial charge is 0.132 e. The van der Waals surface area contributed by atoms with Crippen LogP contribution in [0.15, 0.2) is 36.4 Å². The van der Waals surface area contributed by atoms with Crippen LogP contribution in [-0.2, 0) is 0 Å². The third kappa shape index (κ3) is 5.93. The third-order valence-electron chi connectivity index (χ3n) is 1.79. The summed E-state index contributed by atoms with van der Waals surface area (Å²) in [7, 11) is -1.18. The summed E-state index contributed by atoms with van der Waals surface area (Å²) in [4.78, 5) is 0. The van der Waals surface area contributed by atoms with E-state index in [1.165, 1.54) is 5.56 Å². The zero-order valence-corrected chi connectivity index (χ0v) is 10.7. The molecule has 0 aliphatic heterocycles. The van der Waals surface area contributed by atoms with Gasteiger partial charge in [-0.05, 0) is 5.56 Å². The fourth-order valence-electron chi connectivity index (χ4n) is 1.13. The Hall–Kier alpha value is -1.26. The molecule has 0 atom stereocenters. The molecule has 1 rings (SSSR count). The first kappa shape index (κ1) is 11.8. The summed E-state index contributed by atoms with van der Waals surface area (Å²) < 4.78 is 0. The molecule has 1 aromatic carbocycles. The Morgan fingerprint density at radius 2 is 1.80 bits per heavy atom. The van der Waals surface area contributed by atoms with E-state index in [0.717, 1.165) is 6.42 Å². The lowest BCUT2D eigenvalue weighted by Gasteiger charge is -2.02. The molecule has 0 amide bonds. The molecule has 0 N–H and O–H groups in total. The molecule has 0 radical (unpaired) electrons. The average molecular weight is 214 g/mol. The highest BCUT2D eigenvalue weighted by atomic mass is 28.3. The smallest absolute Gasteiger partial charge is 0.129 e. The first-order chi connectivity index (χ1) is 7.08. The maximum absolute atomic E-state index is 3.35. The molecule has 0 aliphatic carbocycles. The van der Waals surface area contributed by atoms with Gasteiger partial charge in [-0.2, -0.15) is 0 Å². The van der Waals surface area contributed by atoms with Crippen molar-refractivity contribution in [3.63, 3.8) is 0 Å². The molecular formula is C14H18Si. The normalized spacial score (nSPS) is 11.1. The summed E-state index contributed by atoms with van der Waals surface area (Å²) in [5.74, 6) is 3.22. The maximum atomic E-state index is 3.35. The van der Waals surface area contributed by atoms with E-state index in [2.05, 4.69) is 55.4 Å². The number of hydrogen-bond donors (Lipinski definition) is 0. The molecule has 15 heavy (non-hydrogen) atoms. The predicted molar refractivity (Wildman–Crippen MR) is 71.2 cm³/mol. The van der Waals surface area contributed by atoms with Gasteiger partial charge in [0.25, 0.3) is 0 Å².